The average Bonchev–Trinajstić information content (AvgIpc) is 2.59. The second-order valence-electron chi connectivity index (χ2n) is 9.30. The van der Waals surface area contributed by atoms with Crippen LogP contribution in [0.5, 0.6) is 0 Å². The number of benzene rings is 1. The molecule has 0 spiro atoms. The van der Waals surface area contributed by atoms with Gasteiger partial charge in [0.25, 0.3) is 5.91 Å². The van der Waals surface area contributed by atoms with Gasteiger partial charge in [0, 0.05) is 17.1 Å². The molecule has 1 amide bonds. The van der Waals surface area contributed by atoms with Gasteiger partial charge in [-0.25, -0.2) is 0 Å². The Morgan fingerprint density at radius 3 is 2.38 bits per heavy atom. The van der Waals surface area contributed by atoms with E-state index in [2.05, 4.69) is 17.2 Å². The number of hydrogen-bond donors (Lipinski definition) is 1. The highest BCUT2D eigenvalue weighted by Gasteiger charge is 2.53. The first-order valence-corrected chi connectivity index (χ1v) is 10.2. The lowest BCUT2D eigenvalue weighted by atomic mass is 9.48. The summed E-state index contributed by atoms with van der Waals surface area (Å²) in [6.07, 6.45) is 8.26. The van der Waals surface area contributed by atoms with E-state index in [-0.39, 0.29) is 11.9 Å². The first-order valence-electron chi connectivity index (χ1n) is 10.2. The van der Waals surface area contributed by atoms with Crippen LogP contribution in [-0.2, 0) is 0 Å². The van der Waals surface area contributed by atoms with Crippen molar-refractivity contribution in [3.05, 3.63) is 41.6 Å². The fourth-order valence-electron chi connectivity index (χ4n) is 6.63. The number of pyridine rings is 1. The van der Waals surface area contributed by atoms with Gasteiger partial charge in [0.05, 0.1) is 11.1 Å². The second-order valence-corrected chi connectivity index (χ2v) is 9.30. The minimum atomic E-state index is 0.0648. The third-order valence-corrected chi connectivity index (χ3v) is 7.44. The summed E-state index contributed by atoms with van der Waals surface area (Å²) < 4.78 is 0. The van der Waals surface area contributed by atoms with Crippen LogP contribution in [0.15, 0.2) is 30.3 Å². The molecule has 3 nitrogen and oxygen atoms in total. The van der Waals surface area contributed by atoms with E-state index >= 15 is 0 Å². The van der Waals surface area contributed by atoms with Crippen molar-refractivity contribution in [3.63, 3.8) is 0 Å². The van der Waals surface area contributed by atoms with Crippen LogP contribution in [0.1, 0.15) is 61.5 Å². The molecule has 1 atom stereocenters. The topological polar surface area (TPSA) is 42.0 Å². The van der Waals surface area contributed by atoms with E-state index in [9.17, 15) is 4.79 Å². The number of nitrogens with one attached hydrogen (secondary N) is 1. The molecule has 1 N–H and O–H groups in total. The molecular formula is C23H28N2O. The zero-order valence-electron chi connectivity index (χ0n) is 15.8. The van der Waals surface area contributed by atoms with Gasteiger partial charge in [-0.05, 0) is 87.7 Å². The Balaban J connectivity index is 1.42. The molecule has 4 aliphatic rings. The van der Waals surface area contributed by atoms with Crippen LogP contribution in [0.25, 0.3) is 10.9 Å². The first kappa shape index (κ1) is 16.3. The van der Waals surface area contributed by atoms with Crippen LogP contribution in [0.2, 0.25) is 0 Å². The van der Waals surface area contributed by atoms with Gasteiger partial charge in [-0.15, -0.1) is 0 Å². The molecule has 4 fully saturated rings. The summed E-state index contributed by atoms with van der Waals surface area (Å²) >= 11 is 0. The maximum Gasteiger partial charge on any atom is 0.252 e. The zero-order valence-corrected chi connectivity index (χ0v) is 15.8. The number of rotatable bonds is 3. The Labute approximate surface area is 155 Å². The summed E-state index contributed by atoms with van der Waals surface area (Å²) in [5.41, 5.74) is 2.91. The minimum Gasteiger partial charge on any atom is -0.349 e. The van der Waals surface area contributed by atoms with Gasteiger partial charge in [0.1, 0.15) is 0 Å². The van der Waals surface area contributed by atoms with E-state index in [0.717, 1.165) is 39.9 Å². The van der Waals surface area contributed by atoms with Crippen LogP contribution in [0.4, 0.5) is 0 Å². The number of fused-ring (bicyclic) bond motifs is 1. The lowest BCUT2D eigenvalue weighted by Gasteiger charge is -2.59. The molecule has 136 valence electrons. The highest BCUT2D eigenvalue weighted by atomic mass is 16.1. The van der Waals surface area contributed by atoms with Gasteiger partial charge in [0.15, 0.2) is 0 Å². The highest BCUT2D eigenvalue weighted by Crippen LogP contribution is 2.61. The van der Waals surface area contributed by atoms with Crippen molar-refractivity contribution in [2.45, 2.75) is 58.4 Å². The summed E-state index contributed by atoms with van der Waals surface area (Å²) in [5.74, 6) is 2.79. The normalized spacial score (nSPS) is 33.4. The van der Waals surface area contributed by atoms with Crippen LogP contribution in [0, 0.1) is 30.1 Å². The smallest absolute Gasteiger partial charge is 0.252 e. The van der Waals surface area contributed by atoms with Crippen LogP contribution in [0.3, 0.4) is 0 Å². The number of hydrogen-bond acceptors (Lipinski definition) is 2. The SMILES string of the molecule is Cc1cc(C(=O)NC(C)C23CC4CC(CC(C4)C2)C3)c2ccccc2n1. The van der Waals surface area contributed by atoms with Gasteiger partial charge in [-0.1, -0.05) is 18.2 Å². The molecule has 1 unspecified atom stereocenters. The molecule has 4 saturated carbocycles. The van der Waals surface area contributed by atoms with E-state index in [0.29, 0.717) is 5.41 Å². The predicted molar refractivity (Wildman–Crippen MR) is 104 cm³/mol. The quantitative estimate of drug-likeness (QED) is 0.859. The third-order valence-electron chi connectivity index (χ3n) is 7.44. The highest BCUT2D eigenvalue weighted by molar-refractivity contribution is 6.06. The molecule has 4 bridgehead atoms. The second kappa shape index (κ2) is 5.80. The third kappa shape index (κ3) is 2.55. The molecule has 3 heteroatoms. The van der Waals surface area contributed by atoms with Gasteiger partial charge < -0.3 is 5.32 Å². The van der Waals surface area contributed by atoms with Crippen molar-refractivity contribution in [1.29, 1.82) is 0 Å². The number of amides is 1. The fraction of sp³-hybridized carbons (Fsp3) is 0.565. The Morgan fingerprint density at radius 2 is 1.73 bits per heavy atom. The molecule has 0 radical (unpaired) electrons. The summed E-state index contributed by atoms with van der Waals surface area (Å²) in [7, 11) is 0. The van der Waals surface area contributed by atoms with Crippen molar-refractivity contribution in [1.82, 2.24) is 10.3 Å². The maximum absolute atomic E-state index is 13.2. The van der Waals surface area contributed by atoms with E-state index in [1.165, 1.54) is 38.5 Å². The molecule has 0 aliphatic heterocycles. The first-order chi connectivity index (χ1) is 12.5. The summed E-state index contributed by atoms with van der Waals surface area (Å²) in [5, 5.41) is 4.36. The van der Waals surface area contributed by atoms with Crippen LogP contribution < -0.4 is 5.32 Å². The number of aryl methyl sites for hydroxylation is 1. The van der Waals surface area contributed by atoms with Crippen molar-refractivity contribution >= 4 is 16.8 Å². The average molecular weight is 348 g/mol. The number of nitrogens with zero attached hydrogens (tertiary/aromatic N) is 1. The number of para-hydroxylation sites is 1. The Bertz CT molecular complexity index is 836. The largest absolute Gasteiger partial charge is 0.349 e. The number of carbonyl (C=O) groups is 1. The van der Waals surface area contributed by atoms with E-state index in [1.54, 1.807) is 0 Å². The Hall–Kier alpha value is -1.90. The summed E-state index contributed by atoms with van der Waals surface area (Å²) in [6.45, 7) is 4.22. The molecule has 2 aromatic rings. The molecular weight excluding hydrogens is 320 g/mol. The Morgan fingerprint density at radius 1 is 1.12 bits per heavy atom. The van der Waals surface area contributed by atoms with Gasteiger partial charge >= 0.3 is 0 Å². The van der Waals surface area contributed by atoms with Crippen molar-refractivity contribution < 1.29 is 4.79 Å². The lowest BCUT2D eigenvalue weighted by molar-refractivity contribution is -0.0687. The van der Waals surface area contributed by atoms with Crippen molar-refractivity contribution in [2.24, 2.45) is 23.2 Å². The summed E-state index contributed by atoms with van der Waals surface area (Å²) in [4.78, 5) is 17.7. The van der Waals surface area contributed by atoms with Crippen molar-refractivity contribution in [3.8, 4) is 0 Å². The number of aromatic nitrogens is 1. The fourth-order valence-corrected chi connectivity index (χ4v) is 6.63. The minimum absolute atomic E-state index is 0.0648. The summed E-state index contributed by atoms with van der Waals surface area (Å²) in [6, 6.07) is 10.1. The van der Waals surface area contributed by atoms with Crippen molar-refractivity contribution in [2.75, 3.05) is 0 Å². The Kier molecular flexibility index (Phi) is 3.63. The molecule has 0 saturated heterocycles. The number of carbonyl (C=O) groups excluding carboxylic acids is 1. The zero-order chi connectivity index (χ0) is 17.9. The van der Waals surface area contributed by atoms with Gasteiger partial charge in [-0.2, -0.15) is 0 Å². The van der Waals surface area contributed by atoms with Gasteiger partial charge in [-0.3, -0.25) is 9.78 Å². The predicted octanol–water partition coefficient (Wildman–Crippen LogP) is 4.88. The lowest BCUT2D eigenvalue weighted by Crippen LogP contribution is -2.55. The van der Waals surface area contributed by atoms with Crippen LogP contribution >= 0.6 is 0 Å². The molecule has 6 rings (SSSR count). The van der Waals surface area contributed by atoms with Crippen LogP contribution in [-0.4, -0.2) is 16.9 Å². The molecule has 4 aliphatic carbocycles. The van der Waals surface area contributed by atoms with Gasteiger partial charge in [0.2, 0.25) is 0 Å². The standard InChI is InChI=1S/C23H28N2O/c1-14-7-20(19-5-3-4-6-21(19)24-14)22(26)25-15(2)23-11-16-8-17(12-23)10-18(9-16)13-23/h3-7,15-18H,8-13H2,1-2H3,(H,25,26). The van der Waals surface area contributed by atoms with E-state index < -0.39 is 0 Å². The van der Waals surface area contributed by atoms with E-state index in [1.807, 2.05) is 37.3 Å². The molecule has 26 heavy (non-hydrogen) atoms. The monoisotopic (exact) mass is 348 g/mol. The maximum atomic E-state index is 13.2. The van der Waals surface area contributed by atoms with E-state index in [4.69, 9.17) is 0 Å². The molecule has 1 aromatic carbocycles. The molecule has 1 heterocycles. The molecule has 1 aromatic heterocycles.